The number of hydrogen-bond donors (Lipinski definition) is 1. The highest BCUT2D eigenvalue weighted by Crippen LogP contribution is 2.21. The van der Waals surface area contributed by atoms with Crippen LogP contribution in [0.1, 0.15) is 56.6 Å². The van der Waals surface area contributed by atoms with Crippen molar-refractivity contribution in [2.75, 3.05) is 0 Å². The zero-order chi connectivity index (χ0) is 22.2. The Hall–Kier alpha value is -2.04. The lowest BCUT2D eigenvalue weighted by molar-refractivity contribution is -0.141. The van der Waals surface area contributed by atoms with E-state index < -0.39 is 6.04 Å². The second-order valence-electron chi connectivity index (χ2n) is 8.15. The Morgan fingerprint density at radius 2 is 1.74 bits per heavy atom. The van der Waals surface area contributed by atoms with Crippen LogP contribution in [0.3, 0.4) is 0 Å². The number of carbonyl (C=O) groups excluding carboxylic acids is 2. The van der Waals surface area contributed by atoms with E-state index in [0.29, 0.717) is 35.9 Å². The molecular formula is C25H30Cl2N2O2. The van der Waals surface area contributed by atoms with Crippen molar-refractivity contribution >= 4 is 35.0 Å². The molecule has 3 rings (SSSR count). The summed E-state index contributed by atoms with van der Waals surface area (Å²) in [6, 6.07) is 14.7. The summed E-state index contributed by atoms with van der Waals surface area (Å²) in [5, 5.41) is 4.47. The number of nitrogens with zero attached hydrogens (tertiary/aromatic N) is 1. The van der Waals surface area contributed by atoms with Crippen LogP contribution in [0.15, 0.2) is 48.5 Å². The third kappa shape index (κ3) is 6.72. The summed E-state index contributed by atoms with van der Waals surface area (Å²) in [6.45, 7) is 2.32. The number of hydrogen-bond acceptors (Lipinski definition) is 2. The van der Waals surface area contributed by atoms with Crippen LogP contribution in [0.4, 0.5) is 0 Å². The molecule has 2 aromatic carbocycles. The van der Waals surface area contributed by atoms with E-state index in [9.17, 15) is 9.59 Å². The normalized spacial score (nSPS) is 14.9. The number of nitrogens with one attached hydrogen (secondary N) is 1. The van der Waals surface area contributed by atoms with E-state index in [-0.39, 0.29) is 17.9 Å². The molecule has 0 spiro atoms. The maximum absolute atomic E-state index is 13.3. The van der Waals surface area contributed by atoms with Crippen LogP contribution in [-0.4, -0.2) is 28.8 Å². The van der Waals surface area contributed by atoms with Crippen molar-refractivity contribution in [1.29, 1.82) is 0 Å². The Balaban J connectivity index is 1.76. The van der Waals surface area contributed by atoms with Gasteiger partial charge in [-0.05, 0) is 55.0 Å². The van der Waals surface area contributed by atoms with E-state index >= 15 is 0 Å². The summed E-state index contributed by atoms with van der Waals surface area (Å²) in [5.41, 5.74) is 1.88. The number of halogens is 2. The summed E-state index contributed by atoms with van der Waals surface area (Å²) < 4.78 is 0. The lowest BCUT2D eigenvalue weighted by Gasteiger charge is -2.31. The number of rotatable bonds is 9. The zero-order valence-electron chi connectivity index (χ0n) is 17.9. The molecule has 0 bridgehead atoms. The second kappa shape index (κ2) is 11.5. The third-order valence-electron chi connectivity index (χ3n) is 5.92. The SMILES string of the molecule is CCC(C(=O)NC1CCCC1)N(Cc1ccc(Cl)cc1)C(=O)CCc1ccccc1Cl. The average Bonchev–Trinajstić information content (AvgIpc) is 3.27. The molecule has 0 heterocycles. The first-order valence-corrected chi connectivity index (χ1v) is 11.8. The van der Waals surface area contributed by atoms with Crippen molar-refractivity contribution in [3.05, 3.63) is 69.7 Å². The molecule has 31 heavy (non-hydrogen) atoms. The van der Waals surface area contributed by atoms with Crippen molar-refractivity contribution < 1.29 is 9.59 Å². The van der Waals surface area contributed by atoms with Crippen LogP contribution < -0.4 is 5.32 Å². The van der Waals surface area contributed by atoms with Gasteiger partial charge in [-0.1, -0.05) is 73.3 Å². The van der Waals surface area contributed by atoms with Gasteiger partial charge in [-0.15, -0.1) is 0 Å². The predicted octanol–water partition coefficient (Wildman–Crippen LogP) is 5.79. The van der Waals surface area contributed by atoms with Crippen LogP contribution in [0, 0.1) is 0 Å². The first-order chi connectivity index (χ1) is 15.0. The lowest BCUT2D eigenvalue weighted by Crippen LogP contribution is -2.51. The molecule has 1 aliphatic carbocycles. The van der Waals surface area contributed by atoms with E-state index in [1.165, 1.54) is 0 Å². The molecule has 1 unspecified atom stereocenters. The highest BCUT2D eigenvalue weighted by Gasteiger charge is 2.30. The minimum absolute atomic E-state index is 0.0525. The van der Waals surface area contributed by atoms with Crippen molar-refractivity contribution in [3.8, 4) is 0 Å². The van der Waals surface area contributed by atoms with Crippen LogP contribution >= 0.6 is 23.2 Å². The second-order valence-corrected chi connectivity index (χ2v) is 9.00. The van der Waals surface area contributed by atoms with Gasteiger partial charge < -0.3 is 10.2 Å². The Morgan fingerprint density at radius 1 is 1.06 bits per heavy atom. The molecule has 1 fully saturated rings. The topological polar surface area (TPSA) is 49.4 Å². The minimum Gasteiger partial charge on any atom is -0.352 e. The molecule has 2 aromatic rings. The Morgan fingerprint density at radius 3 is 2.39 bits per heavy atom. The fraction of sp³-hybridized carbons (Fsp3) is 0.440. The molecule has 1 aliphatic rings. The van der Waals surface area contributed by atoms with Gasteiger partial charge in [-0.3, -0.25) is 9.59 Å². The van der Waals surface area contributed by atoms with Crippen LogP contribution in [0.25, 0.3) is 0 Å². The highest BCUT2D eigenvalue weighted by atomic mass is 35.5. The molecule has 4 nitrogen and oxygen atoms in total. The van der Waals surface area contributed by atoms with E-state index in [1.807, 2.05) is 55.5 Å². The van der Waals surface area contributed by atoms with Crippen LogP contribution in [-0.2, 0) is 22.6 Å². The Kier molecular flexibility index (Phi) is 8.79. The Bertz CT molecular complexity index is 879. The van der Waals surface area contributed by atoms with Gasteiger partial charge in [-0.2, -0.15) is 0 Å². The Labute approximate surface area is 194 Å². The number of carbonyl (C=O) groups is 2. The monoisotopic (exact) mass is 460 g/mol. The molecule has 0 radical (unpaired) electrons. The number of amides is 2. The van der Waals surface area contributed by atoms with Gasteiger partial charge in [0, 0.05) is 29.1 Å². The van der Waals surface area contributed by atoms with Crippen molar-refractivity contribution in [2.45, 2.75) is 70.5 Å². The molecule has 1 N–H and O–H groups in total. The van der Waals surface area contributed by atoms with E-state index in [2.05, 4.69) is 5.32 Å². The van der Waals surface area contributed by atoms with E-state index in [0.717, 1.165) is 36.8 Å². The van der Waals surface area contributed by atoms with Crippen LogP contribution in [0.2, 0.25) is 10.0 Å². The summed E-state index contributed by atoms with van der Waals surface area (Å²) in [5.74, 6) is -0.113. The molecular weight excluding hydrogens is 431 g/mol. The number of benzene rings is 2. The molecule has 0 saturated heterocycles. The zero-order valence-corrected chi connectivity index (χ0v) is 19.5. The molecule has 0 aliphatic heterocycles. The van der Waals surface area contributed by atoms with Crippen LogP contribution in [0.5, 0.6) is 0 Å². The van der Waals surface area contributed by atoms with Gasteiger partial charge in [0.25, 0.3) is 0 Å². The molecule has 166 valence electrons. The fourth-order valence-electron chi connectivity index (χ4n) is 4.16. The quantitative estimate of drug-likeness (QED) is 0.514. The average molecular weight is 461 g/mol. The largest absolute Gasteiger partial charge is 0.352 e. The molecule has 6 heteroatoms. The van der Waals surface area contributed by atoms with Gasteiger partial charge in [-0.25, -0.2) is 0 Å². The maximum Gasteiger partial charge on any atom is 0.243 e. The smallest absolute Gasteiger partial charge is 0.243 e. The van der Waals surface area contributed by atoms with Gasteiger partial charge in [0.1, 0.15) is 6.04 Å². The standard InChI is InChI=1S/C25H30Cl2N2O2/c1-2-23(25(31)28-21-8-4-5-9-21)29(17-18-11-14-20(26)15-12-18)24(30)16-13-19-7-3-6-10-22(19)27/h3,6-7,10-12,14-15,21,23H,2,4-5,8-9,13,16-17H2,1H3,(H,28,31). The van der Waals surface area contributed by atoms with Crippen molar-refractivity contribution in [2.24, 2.45) is 0 Å². The highest BCUT2D eigenvalue weighted by molar-refractivity contribution is 6.31. The summed E-state index contributed by atoms with van der Waals surface area (Å²) in [6.07, 6.45) is 5.71. The third-order valence-corrected chi connectivity index (χ3v) is 6.54. The molecule has 1 atom stereocenters. The van der Waals surface area contributed by atoms with Gasteiger partial charge in [0.05, 0.1) is 0 Å². The summed E-state index contributed by atoms with van der Waals surface area (Å²) in [7, 11) is 0. The first kappa shape index (κ1) is 23.6. The molecule has 0 aromatic heterocycles. The fourth-order valence-corrected chi connectivity index (χ4v) is 4.52. The summed E-state index contributed by atoms with van der Waals surface area (Å²) >= 11 is 12.3. The summed E-state index contributed by atoms with van der Waals surface area (Å²) in [4.78, 5) is 28.1. The molecule has 2 amide bonds. The maximum atomic E-state index is 13.3. The van der Waals surface area contributed by atoms with Crippen molar-refractivity contribution in [3.63, 3.8) is 0 Å². The van der Waals surface area contributed by atoms with E-state index in [1.54, 1.807) is 4.90 Å². The lowest BCUT2D eigenvalue weighted by atomic mass is 10.1. The van der Waals surface area contributed by atoms with E-state index in [4.69, 9.17) is 23.2 Å². The first-order valence-electron chi connectivity index (χ1n) is 11.1. The minimum atomic E-state index is -0.505. The number of aryl methyl sites for hydroxylation is 1. The molecule has 1 saturated carbocycles. The van der Waals surface area contributed by atoms with Gasteiger partial charge in [0.2, 0.25) is 11.8 Å². The predicted molar refractivity (Wildman–Crippen MR) is 126 cm³/mol. The van der Waals surface area contributed by atoms with Gasteiger partial charge >= 0.3 is 0 Å². The van der Waals surface area contributed by atoms with Gasteiger partial charge in [0.15, 0.2) is 0 Å². The van der Waals surface area contributed by atoms with Crippen molar-refractivity contribution in [1.82, 2.24) is 10.2 Å².